The van der Waals surface area contributed by atoms with Gasteiger partial charge in [0.2, 0.25) is 4.18 Å². The van der Waals surface area contributed by atoms with Crippen LogP contribution in [0.1, 0.15) is 18.5 Å². The summed E-state index contributed by atoms with van der Waals surface area (Å²) >= 11 is 1.44. The molecule has 4 heteroatoms. The number of amides is 1. The number of nitrogens with one attached hydrogen (secondary N) is 1. The second-order valence-corrected chi connectivity index (χ2v) is 4.04. The molecule has 0 aliphatic carbocycles. The van der Waals surface area contributed by atoms with E-state index in [0.29, 0.717) is 0 Å². The van der Waals surface area contributed by atoms with E-state index in [4.69, 9.17) is 0 Å². The third-order valence-corrected chi connectivity index (χ3v) is 2.42. The van der Waals surface area contributed by atoms with E-state index >= 15 is 0 Å². The van der Waals surface area contributed by atoms with E-state index in [2.05, 4.69) is 5.32 Å². The zero-order chi connectivity index (χ0) is 10.6. The lowest BCUT2D eigenvalue weighted by Crippen LogP contribution is -2.31. The van der Waals surface area contributed by atoms with Crippen LogP contribution in [0.5, 0.6) is 0 Å². The van der Waals surface area contributed by atoms with Crippen molar-refractivity contribution in [3.63, 3.8) is 0 Å². The molecule has 76 valence electrons. The van der Waals surface area contributed by atoms with Crippen LogP contribution in [0, 0.1) is 0 Å². The van der Waals surface area contributed by atoms with Crippen LogP contribution in [0.4, 0.5) is 4.39 Å². The van der Waals surface area contributed by atoms with Crippen molar-refractivity contribution >= 4 is 28.5 Å². The molecule has 0 saturated carbocycles. The van der Waals surface area contributed by atoms with Gasteiger partial charge in [0.1, 0.15) is 0 Å². The summed E-state index contributed by atoms with van der Waals surface area (Å²) in [5.41, 5.74) is 0.970. The third kappa shape index (κ3) is 3.25. The predicted molar refractivity (Wildman–Crippen MR) is 61.9 cm³/mol. The first-order valence-electron chi connectivity index (χ1n) is 4.24. The van der Waals surface area contributed by atoms with Gasteiger partial charge in [-0.15, -0.1) is 0 Å². The second kappa shape index (κ2) is 5.29. The van der Waals surface area contributed by atoms with E-state index < -0.39 is 10.1 Å². The number of alkyl halides is 2. The summed E-state index contributed by atoms with van der Waals surface area (Å²) in [4.78, 5) is 11.0. The number of hydrogen-bond donors (Lipinski definition) is 1. The molecule has 0 heterocycles. The quantitative estimate of drug-likeness (QED) is 0.675. The van der Waals surface area contributed by atoms with Crippen LogP contribution in [0.2, 0.25) is 0 Å². The Morgan fingerprint density at radius 2 is 2.00 bits per heavy atom. The fraction of sp³-hybridized carbons (Fsp3) is 0.300. The summed E-state index contributed by atoms with van der Waals surface area (Å²) in [5, 5.41) is 2.57. The zero-order valence-electron chi connectivity index (χ0n) is 7.71. The van der Waals surface area contributed by atoms with Crippen LogP contribution in [-0.2, 0) is 4.79 Å². The highest BCUT2D eigenvalue weighted by Gasteiger charge is 2.15. The Labute approximate surface area is 96.0 Å². The number of halogens is 2. The van der Waals surface area contributed by atoms with Gasteiger partial charge >= 0.3 is 0 Å². The lowest BCUT2D eigenvalue weighted by molar-refractivity contribution is -0.123. The summed E-state index contributed by atoms with van der Waals surface area (Å²) in [7, 11) is 0. The standard InChI is InChI=1S/C10H11FINO/c1-7(13-10(14)9(11)12)8-5-3-2-4-6-8/h2-7,9H,1H3,(H,13,14). The Morgan fingerprint density at radius 3 is 2.50 bits per heavy atom. The minimum Gasteiger partial charge on any atom is -0.346 e. The Balaban J connectivity index is 2.59. The highest BCUT2D eigenvalue weighted by molar-refractivity contribution is 14.1. The van der Waals surface area contributed by atoms with Crippen molar-refractivity contribution < 1.29 is 9.18 Å². The van der Waals surface area contributed by atoms with Crippen molar-refractivity contribution in [2.24, 2.45) is 0 Å². The van der Waals surface area contributed by atoms with Crippen molar-refractivity contribution in [1.82, 2.24) is 5.32 Å². The first-order valence-corrected chi connectivity index (χ1v) is 5.49. The summed E-state index contributed by atoms with van der Waals surface area (Å²) in [6, 6.07) is 9.30. The number of rotatable bonds is 3. The van der Waals surface area contributed by atoms with E-state index in [1.54, 1.807) is 0 Å². The fourth-order valence-electron chi connectivity index (χ4n) is 1.10. The molecule has 0 aromatic heterocycles. The molecule has 0 spiro atoms. The van der Waals surface area contributed by atoms with Crippen molar-refractivity contribution in [1.29, 1.82) is 0 Å². The normalized spacial score (nSPS) is 14.5. The molecule has 0 bridgehead atoms. The molecule has 14 heavy (non-hydrogen) atoms. The summed E-state index contributed by atoms with van der Waals surface area (Å²) in [5.74, 6) is -0.582. The first-order chi connectivity index (χ1) is 6.61. The SMILES string of the molecule is CC(NC(=O)C(F)I)c1ccccc1. The maximum Gasteiger partial charge on any atom is 0.265 e. The number of hydrogen-bond acceptors (Lipinski definition) is 1. The third-order valence-electron chi connectivity index (χ3n) is 1.86. The van der Waals surface area contributed by atoms with E-state index in [9.17, 15) is 9.18 Å². The van der Waals surface area contributed by atoms with Gasteiger partial charge in [0.15, 0.2) is 0 Å². The highest BCUT2D eigenvalue weighted by atomic mass is 127. The van der Waals surface area contributed by atoms with Gasteiger partial charge < -0.3 is 5.32 Å². The van der Waals surface area contributed by atoms with E-state index in [1.165, 1.54) is 22.6 Å². The van der Waals surface area contributed by atoms with Gasteiger partial charge in [0.05, 0.1) is 6.04 Å². The van der Waals surface area contributed by atoms with Crippen LogP contribution in [0.3, 0.4) is 0 Å². The summed E-state index contributed by atoms with van der Waals surface area (Å²) in [6.45, 7) is 1.83. The van der Waals surface area contributed by atoms with Gasteiger partial charge in [0, 0.05) is 0 Å². The van der Waals surface area contributed by atoms with Gasteiger partial charge in [-0.05, 0) is 35.1 Å². The molecular weight excluding hydrogens is 296 g/mol. The molecule has 0 radical (unpaired) electrons. The van der Waals surface area contributed by atoms with Gasteiger partial charge in [0.25, 0.3) is 5.91 Å². The van der Waals surface area contributed by atoms with Gasteiger partial charge in [-0.25, -0.2) is 4.39 Å². The van der Waals surface area contributed by atoms with Gasteiger partial charge in [-0.3, -0.25) is 4.79 Å². The van der Waals surface area contributed by atoms with Crippen LogP contribution < -0.4 is 5.32 Å². The maximum absolute atomic E-state index is 12.5. The lowest BCUT2D eigenvalue weighted by Gasteiger charge is -2.13. The number of carbonyl (C=O) groups excluding carboxylic acids is 1. The Bertz CT molecular complexity index is 302. The van der Waals surface area contributed by atoms with Gasteiger partial charge in [-0.1, -0.05) is 30.3 Å². The molecule has 0 saturated heterocycles. The van der Waals surface area contributed by atoms with Crippen molar-refractivity contribution in [3.05, 3.63) is 35.9 Å². The molecule has 0 aliphatic rings. The number of carbonyl (C=O) groups is 1. The molecule has 0 aliphatic heterocycles. The van der Waals surface area contributed by atoms with Crippen LogP contribution >= 0.6 is 22.6 Å². The molecular formula is C10H11FINO. The molecule has 0 fully saturated rings. The molecule has 1 aromatic rings. The highest BCUT2D eigenvalue weighted by Crippen LogP contribution is 2.12. The average Bonchev–Trinajstić information content (AvgIpc) is 2.19. The van der Waals surface area contributed by atoms with Crippen LogP contribution in [-0.4, -0.2) is 10.1 Å². The minimum atomic E-state index is -1.49. The van der Waals surface area contributed by atoms with Crippen molar-refractivity contribution in [3.8, 4) is 0 Å². The minimum absolute atomic E-state index is 0.156. The second-order valence-electron chi connectivity index (χ2n) is 2.94. The maximum atomic E-state index is 12.5. The smallest absolute Gasteiger partial charge is 0.265 e. The van der Waals surface area contributed by atoms with Gasteiger partial charge in [-0.2, -0.15) is 0 Å². The largest absolute Gasteiger partial charge is 0.346 e. The molecule has 1 rings (SSSR count). The van der Waals surface area contributed by atoms with Crippen LogP contribution in [0.15, 0.2) is 30.3 Å². The lowest BCUT2D eigenvalue weighted by atomic mass is 10.1. The van der Waals surface area contributed by atoms with E-state index in [0.717, 1.165) is 5.56 Å². The Hall–Kier alpha value is -0.650. The molecule has 1 amide bonds. The molecule has 1 N–H and O–H groups in total. The Morgan fingerprint density at radius 1 is 1.43 bits per heavy atom. The van der Waals surface area contributed by atoms with Crippen molar-refractivity contribution in [2.45, 2.75) is 17.1 Å². The molecule has 2 atom stereocenters. The zero-order valence-corrected chi connectivity index (χ0v) is 9.86. The average molecular weight is 307 g/mol. The topological polar surface area (TPSA) is 29.1 Å². The predicted octanol–water partition coefficient (Wildman–Crippen LogP) is 2.59. The number of benzene rings is 1. The Kier molecular flexibility index (Phi) is 4.31. The van der Waals surface area contributed by atoms with Crippen molar-refractivity contribution in [2.75, 3.05) is 0 Å². The fourth-order valence-corrected chi connectivity index (χ4v) is 1.28. The van der Waals surface area contributed by atoms with Crippen LogP contribution in [0.25, 0.3) is 0 Å². The monoisotopic (exact) mass is 307 g/mol. The molecule has 2 unspecified atom stereocenters. The first kappa shape index (κ1) is 11.4. The molecule has 1 aromatic carbocycles. The summed E-state index contributed by atoms with van der Waals surface area (Å²) in [6.07, 6.45) is 0. The summed E-state index contributed by atoms with van der Waals surface area (Å²) < 4.78 is 11.1. The molecule has 2 nitrogen and oxygen atoms in total. The van der Waals surface area contributed by atoms with E-state index in [-0.39, 0.29) is 6.04 Å². The van der Waals surface area contributed by atoms with E-state index in [1.807, 2.05) is 37.3 Å².